The second kappa shape index (κ2) is 9.13. The number of ether oxygens (including phenoxy) is 2. The van der Waals surface area contributed by atoms with Crippen LogP contribution in [0.1, 0.15) is 33.2 Å². The van der Waals surface area contributed by atoms with Crippen LogP contribution in [0.5, 0.6) is 11.5 Å². The van der Waals surface area contributed by atoms with Crippen LogP contribution in [0.15, 0.2) is 48.8 Å². The van der Waals surface area contributed by atoms with Gasteiger partial charge in [0.15, 0.2) is 11.5 Å². The first-order chi connectivity index (χ1) is 14.5. The van der Waals surface area contributed by atoms with Gasteiger partial charge in [-0.25, -0.2) is 0 Å². The third-order valence-electron chi connectivity index (χ3n) is 4.61. The first-order valence-electron chi connectivity index (χ1n) is 9.43. The van der Waals surface area contributed by atoms with Crippen molar-refractivity contribution in [2.75, 3.05) is 24.9 Å². The number of nitrogens with one attached hydrogen (secondary N) is 2. The van der Waals surface area contributed by atoms with E-state index < -0.39 is 0 Å². The van der Waals surface area contributed by atoms with E-state index in [-0.39, 0.29) is 11.8 Å². The first-order valence-corrected chi connectivity index (χ1v) is 9.43. The maximum Gasteiger partial charge on any atom is 0.259 e. The number of para-hydroxylation sites is 1. The number of hydrogen-bond acceptors (Lipinski definition) is 5. The number of anilines is 2. The van der Waals surface area contributed by atoms with Gasteiger partial charge in [0.2, 0.25) is 0 Å². The summed E-state index contributed by atoms with van der Waals surface area (Å²) in [5.41, 5.74) is 2.70. The average molecular weight is 408 g/mol. The molecule has 1 heterocycles. The summed E-state index contributed by atoms with van der Waals surface area (Å²) in [6.07, 6.45) is 3.34. The molecule has 0 aliphatic rings. The van der Waals surface area contributed by atoms with E-state index in [0.717, 1.165) is 5.56 Å². The van der Waals surface area contributed by atoms with Gasteiger partial charge in [-0.2, -0.15) is 5.10 Å². The van der Waals surface area contributed by atoms with Gasteiger partial charge in [0, 0.05) is 24.0 Å². The zero-order valence-corrected chi connectivity index (χ0v) is 17.4. The van der Waals surface area contributed by atoms with Gasteiger partial charge in [-0.05, 0) is 43.7 Å². The zero-order chi connectivity index (χ0) is 21.7. The number of rotatable bonds is 7. The Balaban J connectivity index is 1.82. The number of carbonyl (C=O) groups excluding carboxylic acids is 2. The van der Waals surface area contributed by atoms with Crippen molar-refractivity contribution in [2.45, 2.75) is 20.4 Å². The topological polar surface area (TPSA) is 94.5 Å². The standard InChI is InChI=1S/C22H24N4O4/c1-5-26-13-16(12-23-26)24-21(27)15-10-9-14(2)18(11-15)25-22(28)17-7-6-8-19(29-3)20(17)30-4/h6-13H,5H2,1-4H3,(H,24,27)(H,25,28). The van der Waals surface area contributed by atoms with Gasteiger partial charge >= 0.3 is 0 Å². The number of methoxy groups -OCH3 is 2. The fraction of sp³-hybridized carbons (Fsp3) is 0.227. The quantitative estimate of drug-likeness (QED) is 0.621. The van der Waals surface area contributed by atoms with Crippen LogP contribution >= 0.6 is 0 Å². The molecule has 0 aliphatic heterocycles. The molecule has 2 amide bonds. The van der Waals surface area contributed by atoms with E-state index >= 15 is 0 Å². The van der Waals surface area contributed by atoms with Crippen molar-refractivity contribution in [2.24, 2.45) is 0 Å². The number of amides is 2. The van der Waals surface area contributed by atoms with Gasteiger partial charge in [-0.1, -0.05) is 12.1 Å². The molecule has 0 saturated heterocycles. The summed E-state index contributed by atoms with van der Waals surface area (Å²) in [5, 5.41) is 9.80. The van der Waals surface area contributed by atoms with E-state index in [1.807, 2.05) is 13.8 Å². The summed E-state index contributed by atoms with van der Waals surface area (Å²) in [6.45, 7) is 4.53. The van der Waals surface area contributed by atoms with E-state index in [2.05, 4.69) is 15.7 Å². The van der Waals surface area contributed by atoms with Crippen LogP contribution in [0.4, 0.5) is 11.4 Å². The predicted octanol–water partition coefficient (Wildman–Crippen LogP) is 3.73. The molecule has 3 aromatic rings. The van der Waals surface area contributed by atoms with Crippen LogP contribution in [0.3, 0.4) is 0 Å². The fourth-order valence-corrected chi connectivity index (χ4v) is 2.96. The number of hydrogen-bond donors (Lipinski definition) is 2. The SMILES string of the molecule is CCn1cc(NC(=O)c2ccc(C)c(NC(=O)c3cccc(OC)c3OC)c2)cn1. The Bertz CT molecular complexity index is 1070. The molecule has 0 aliphatic carbocycles. The minimum absolute atomic E-state index is 0.292. The van der Waals surface area contributed by atoms with Crippen molar-refractivity contribution in [3.05, 3.63) is 65.5 Å². The maximum absolute atomic E-state index is 12.9. The molecule has 2 N–H and O–H groups in total. The molecule has 1 aromatic heterocycles. The highest BCUT2D eigenvalue weighted by molar-refractivity contribution is 6.09. The van der Waals surface area contributed by atoms with Crippen LogP contribution in [0, 0.1) is 6.92 Å². The molecular formula is C22H24N4O4. The largest absolute Gasteiger partial charge is 0.493 e. The number of aromatic nitrogens is 2. The Hall–Kier alpha value is -3.81. The number of carbonyl (C=O) groups is 2. The average Bonchev–Trinajstić information content (AvgIpc) is 3.21. The van der Waals surface area contributed by atoms with Gasteiger partial charge < -0.3 is 20.1 Å². The van der Waals surface area contributed by atoms with Gasteiger partial charge in [-0.15, -0.1) is 0 Å². The van der Waals surface area contributed by atoms with E-state index in [9.17, 15) is 9.59 Å². The van der Waals surface area contributed by atoms with Gasteiger partial charge in [0.1, 0.15) is 0 Å². The third kappa shape index (κ3) is 4.43. The van der Waals surface area contributed by atoms with Crippen molar-refractivity contribution in [1.82, 2.24) is 9.78 Å². The van der Waals surface area contributed by atoms with Crippen molar-refractivity contribution in [3.63, 3.8) is 0 Å². The molecule has 156 valence electrons. The lowest BCUT2D eigenvalue weighted by Crippen LogP contribution is -2.16. The van der Waals surface area contributed by atoms with Crippen LogP contribution in [-0.4, -0.2) is 35.8 Å². The molecule has 0 saturated carbocycles. The number of aryl methyl sites for hydroxylation is 2. The molecule has 8 nitrogen and oxygen atoms in total. The lowest BCUT2D eigenvalue weighted by Gasteiger charge is -2.14. The van der Waals surface area contributed by atoms with Crippen LogP contribution in [0.2, 0.25) is 0 Å². The molecule has 0 fully saturated rings. The van der Waals surface area contributed by atoms with E-state index in [1.54, 1.807) is 53.5 Å². The van der Waals surface area contributed by atoms with Crippen molar-refractivity contribution in [1.29, 1.82) is 0 Å². The van der Waals surface area contributed by atoms with Crippen LogP contribution in [-0.2, 0) is 6.54 Å². The maximum atomic E-state index is 12.9. The minimum atomic E-state index is -0.365. The second-order valence-electron chi connectivity index (χ2n) is 6.56. The summed E-state index contributed by atoms with van der Waals surface area (Å²) in [7, 11) is 2.99. The fourth-order valence-electron chi connectivity index (χ4n) is 2.96. The molecule has 3 rings (SSSR count). The van der Waals surface area contributed by atoms with E-state index in [1.165, 1.54) is 14.2 Å². The molecule has 0 spiro atoms. The Labute approximate surface area is 174 Å². The normalized spacial score (nSPS) is 10.4. The predicted molar refractivity (Wildman–Crippen MR) is 115 cm³/mol. The van der Waals surface area contributed by atoms with Crippen molar-refractivity contribution in [3.8, 4) is 11.5 Å². The Morgan fingerprint density at radius 3 is 2.53 bits per heavy atom. The molecular weight excluding hydrogens is 384 g/mol. The number of nitrogens with zero attached hydrogens (tertiary/aromatic N) is 2. The highest BCUT2D eigenvalue weighted by Crippen LogP contribution is 2.31. The molecule has 8 heteroatoms. The molecule has 0 radical (unpaired) electrons. The minimum Gasteiger partial charge on any atom is -0.493 e. The summed E-state index contributed by atoms with van der Waals surface area (Å²) in [5.74, 6) is 0.148. The molecule has 0 unspecified atom stereocenters. The van der Waals surface area contributed by atoms with Gasteiger partial charge in [0.05, 0.1) is 31.7 Å². The summed E-state index contributed by atoms with van der Waals surface area (Å²) in [6, 6.07) is 10.2. The Morgan fingerprint density at radius 2 is 1.87 bits per heavy atom. The lowest BCUT2D eigenvalue weighted by molar-refractivity contribution is 0.101. The van der Waals surface area contributed by atoms with Gasteiger partial charge in [0.25, 0.3) is 11.8 Å². The number of benzene rings is 2. The van der Waals surface area contributed by atoms with Crippen molar-refractivity contribution >= 4 is 23.2 Å². The smallest absolute Gasteiger partial charge is 0.259 e. The summed E-state index contributed by atoms with van der Waals surface area (Å²) >= 11 is 0. The Morgan fingerprint density at radius 1 is 1.07 bits per heavy atom. The molecule has 2 aromatic carbocycles. The van der Waals surface area contributed by atoms with Crippen molar-refractivity contribution < 1.29 is 19.1 Å². The third-order valence-corrected chi connectivity index (χ3v) is 4.61. The first kappa shape index (κ1) is 20.9. The second-order valence-corrected chi connectivity index (χ2v) is 6.56. The van der Waals surface area contributed by atoms with E-state index in [4.69, 9.17) is 9.47 Å². The summed E-state index contributed by atoms with van der Waals surface area (Å²) in [4.78, 5) is 25.5. The van der Waals surface area contributed by atoms with Gasteiger partial charge in [-0.3, -0.25) is 14.3 Å². The summed E-state index contributed by atoms with van der Waals surface area (Å²) < 4.78 is 12.3. The van der Waals surface area contributed by atoms with Crippen LogP contribution < -0.4 is 20.1 Å². The molecule has 30 heavy (non-hydrogen) atoms. The lowest BCUT2D eigenvalue weighted by atomic mass is 10.1. The molecule has 0 bridgehead atoms. The highest BCUT2D eigenvalue weighted by atomic mass is 16.5. The van der Waals surface area contributed by atoms with E-state index in [0.29, 0.717) is 40.5 Å². The highest BCUT2D eigenvalue weighted by Gasteiger charge is 2.18. The monoisotopic (exact) mass is 408 g/mol. The zero-order valence-electron chi connectivity index (χ0n) is 17.4. The Kier molecular flexibility index (Phi) is 6.36. The van der Waals surface area contributed by atoms with Crippen LogP contribution in [0.25, 0.3) is 0 Å². The molecule has 0 atom stereocenters.